The fraction of sp³-hybridized carbons (Fsp3) is 0.240. The van der Waals surface area contributed by atoms with Crippen LogP contribution in [0.4, 0.5) is 0 Å². The monoisotopic (exact) mass is 366 g/mol. The van der Waals surface area contributed by atoms with E-state index in [4.69, 9.17) is 9.72 Å². The van der Waals surface area contributed by atoms with Crippen LogP contribution in [-0.2, 0) is 11.3 Å². The van der Waals surface area contributed by atoms with Gasteiger partial charge in [-0.15, -0.1) is 0 Å². The van der Waals surface area contributed by atoms with Crippen molar-refractivity contribution in [2.24, 2.45) is 0 Å². The maximum absolute atomic E-state index is 5.50. The molecule has 1 aromatic heterocycles. The van der Waals surface area contributed by atoms with Crippen LogP contribution in [0.1, 0.15) is 41.1 Å². The first-order valence-electron chi connectivity index (χ1n) is 10.1. The smallest absolute Gasteiger partial charge is 0.0915 e. The van der Waals surface area contributed by atoms with Gasteiger partial charge in [0.2, 0.25) is 0 Å². The zero-order valence-corrected chi connectivity index (χ0v) is 15.7. The third-order valence-electron chi connectivity index (χ3n) is 6.24. The number of ether oxygens (including phenoxy) is 1. The molecule has 3 aromatic rings. The van der Waals surface area contributed by atoms with Crippen molar-refractivity contribution in [3.8, 4) is 0 Å². The van der Waals surface area contributed by atoms with Crippen molar-refractivity contribution in [3.63, 3.8) is 0 Å². The molecule has 138 valence electrons. The van der Waals surface area contributed by atoms with Gasteiger partial charge in [0.05, 0.1) is 18.4 Å². The lowest BCUT2D eigenvalue weighted by molar-refractivity contribution is 0.281. The van der Waals surface area contributed by atoms with E-state index in [0.717, 1.165) is 25.1 Å². The number of hydrogen-bond donors (Lipinski definition) is 0. The summed E-state index contributed by atoms with van der Waals surface area (Å²) in [7, 11) is 0. The Kier molecular flexibility index (Phi) is 3.55. The Hall–Kier alpha value is -3.07. The predicted molar refractivity (Wildman–Crippen MR) is 112 cm³/mol. The molecule has 2 aliphatic heterocycles. The standard InChI is InChI=1S/C25H22N2O/c1-2-7-23-18(4-1)8-9-24(26-23)21-14-25(21)27-12-10-17-5-3-6-20(22(17)15-27)19-11-13-28-16-19/h1-10,12,16,21,25H,11,13-15H2. The number of para-hydroxylation sites is 1. The largest absolute Gasteiger partial charge is 0.501 e. The summed E-state index contributed by atoms with van der Waals surface area (Å²) in [5, 5.41) is 1.21. The van der Waals surface area contributed by atoms with Gasteiger partial charge in [-0.3, -0.25) is 4.98 Å². The van der Waals surface area contributed by atoms with Gasteiger partial charge in [0.1, 0.15) is 0 Å². The van der Waals surface area contributed by atoms with Crippen LogP contribution in [0.3, 0.4) is 0 Å². The number of rotatable bonds is 3. The average molecular weight is 366 g/mol. The summed E-state index contributed by atoms with van der Waals surface area (Å²) in [6.07, 6.45) is 8.67. The number of hydrogen-bond acceptors (Lipinski definition) is 3. The molecule has 3 aliphatic rings. The average Bonchev–Trinajstić information content (AvgIpc) is 3.37. The highest BCUT2D eigenvalue weighted by Crippen LogP contribution is 2.46. The Morgan fingerprint density at radius 3 is 2.89 bits per heavy atom. The van der Waals surface area contributed by atoms with Crippen LogP contribution >= 0.6 is 0 Å². The molecule has 0 spiro atoms. The third-order valence-corrected chi connectivity index (χ3v) is 6.24. The SMILES string of the molecule is C1=CN(C2CC2c2ccc3ccccc3n2)Cc2c1cccc2C1=COCC1. The maximum atomic E-state index is 5.50. The second-order valence-corrected chi connectivity index (χ2v) is 7.96. The summed E-state index contributed by atoms with van der Waals surface area (Å²) >= 11 is 0. The van der Waals surface area contributed by atoms with Gasteiger partial charge < -0.3 is 9.64 Å². The molecule has 6 rings (SSSR count). The van der Waals surface area contributed by atoms with Gasteiger partial charge >= 0.3 is 0 Å². The second kappa shape index (κ2) is 6.23. The fourth-order valence-corrected chi connectivity index (χ4v) is 4.62. The zero-order chi connectivity index (χ0) is 18.5. The molecular formula is C25H22N2O. The number of fused-ring (bicyclic) bond motifs is 2. The molecular weight excluding hydrogens is 344 g/mol. The van der Waals surface area contributed by atoms with Crippen LogP contribution < -0.4 is 0 Å². The zero-order valence-electron chi connectivity index (χ0n) is 15.7. The second-order valence-electron chi connectivity index (χ2n) is 7.96. The van der Waals surface area contributed by atoms with Crippen molar-refractivity contribution < 1.29 is 4.74 Å². The highest BCUT2D eigenvalue weighted by atomic mass is 16.5. The van der Waals surface area contributed by atoms with E-state index in [1.165, 1.54) is 39.8 Å². The lowest BCUT2D eigenvalue weighted by atomic mass is 9.93. The first kappa shape index (κ1) is 15.9. The lowest BCUT2D eigenvalue weighted by Gasteiger charge is -2.28. The lowest BCUT2D eigenvalue weighted by Crippen LogP contribution is -2.24. The molecule has 3 nitrogen and oxygen atoms in total. The summed E-state index contributed by atoms with van der Waals surface area (Å²) in [4.78, 5) is 7.43. The van der Waals surface area contributed by atoms with Crippen LogP contribution in [0, 0.1) is 0 Å². The van der Waals surface area contributed by atoms with Crippen LogP contribution in [0.25, 0.3) is 22.6 Å². The molecule has 1 aliphatic carbocycles. The van der Waals surface area contributed by atoms with E-state index in [1.54, 1.807) is 0 Å². The van der Waals surface area contributed by atoms with Crippen molar-refractivity contribution >= 4 is 22.6 Å². The first-order chi connectivity index (χ1) is 13.9. The summed E-state index contributed by atoms with van der Waals surface area (Å²) < 4.78 is 5.50. The van der Waals surface area contributed by atoms with Gasteiger partial charge in [-0.2, -0.15) is 0 Å². The van der Waals surface area contributed by atoms with Crippen LogP contribution in [-0.4, -0.2) is 22.5 Å². The minimum absolute atomic E-state index is 0.525. The predicted octanol–water partition coefficient (Wildman–Crippen LogP) is 5.34. The van der Waals surface area contributed by atoms with E-state index < -0.39 is 0 Å². The molecule has 2 aromatic carbocycles. The Morgan fingerprint density at radius 2 is 1.96 bits per heavy atom. The van der Waals surface area contributed by atoms with E-state index >= 15 is 0 Å². The quantitative estimate of drug-likeness (QED) is 0.626. The molecule has 0 amide bonds. The first-order valence-corrected chi connectivity index (χ1v) is 10.1. The van der Waals surface area contributed by atoms with Crippen molar-refractivity contribution in [1.29, 1.82) is 0 Å². The van der Waals surface area contributed by atoms with Gasteiger partial charge in [-0.05, 0) is 46.9 Å². The van der Waals surface area contributed by atoms with Crippen molar-refractivity contribution in [3.05, 3.63) is 89.4 Å². The number of aromatic nitrogens is 1. The van der Waals surface area contributed by atoms with Gasteiger partial charge in [-0.1, -0.05) is 42.5 Å². The highest BCUT2D eigenvalue weighted by Gasteiger charge is 2.43. The van der Waals surface area contributed by atoms with E-state index in [-0.39, 0.29) is 0 Å². The minimum Gasteiger partial charge on any atom is -0.501 e. The van der Waals surface area contributed by atoms with Gasteiger partial charge in [0.25, 0.3) is 0 Å². The van der Waals surface area contributed by atoms with E-state index in [9.17, 15) is 0 Å². The van der Waals surface area contributed by atoms with Crippen molar-refractivity contribution in [2.45, 2.75) is 31.3 Å². The van der Waals surface area contributed by atoms with E-state index in [2.05, 4.69) is 71.8 Å². The topological polar surface area (TPSA) is 25.4 Å². The van der Waals surface area contributed by atoms with Gasteiger partial charge in [0.15, 0.2) is 0 Å². The van der Waals surface area contributed by atoms with Crippen LogP contribution in [0.2, 0.25) is 0 Å². The molecule has 2 unspecified atom stereocenters. The molecule has 1 saturated carbocycles. The molecule has 3 heterocycles. The summed E-state index contributed by atoms with van der Waals surface area (Å²) in [5.41, 5.74) is 7.77. The van der Waals surface area contributed by atoms with Gasteiger partial charge in [-0.25, -0.2) is 0 Å². The molecule has 1 fully saturated rings. The summed E-state index contributed by atoms with van der Waals surface area (Å²) in [5.74, 6) is 0.525. The molecule has 3 heteroatoms. The fourth-order valence-electron chi connectivity index (χ4n) is 4.62. The Balaban J connectivity index is 1.27. The van der Waals surface area contributed by atoms with Crippen molar-refractivity contribution in [2.75, 3.05) is 6.61 Å². The Bertz CT molecular complexity index is 1130. The minimum atomic E-state index is 0.525. The molecule has 0 N–H and O–H groups in total. The molecule has 0 bridgehead atoms. The Labute approximate surface area is 165 Å². The van der Waals surface area contributed by atoms with Crippen molar-refractivity contribution in [1.82, 2.24) is 9.88 Å². The maximum Gasteiger partial charge on any atom is 0.0915 e. The number of nitrogens with zero attached hydrogens (tertiary/aromatic N) is 2. The summed E-state index contributed by atoms with van der Waals surface area (Å²) in [6, 6.07) is 20.0. The third kappa shape index (κ3) is 2.62. The highest BCUT2D eigenvalue weighted by molar-refractivity contribution is 5.78. The molecule has 2 atom stereocenters. The van der Waals surface area contributed by atoms with Crippen LogP contribution in [0.5, 0.6) is 0 Å². The number of benzene rings is 2. The van der Waals surface area contributed by atoms with Crippen LogP contribution in [0.15, 0.2) is 67.1 Å². The molecule has 28 heavy (non-hydrogen) atoms. The molecule has 0 saturated heterocycles. The Morgan fingerprint density at radius 1 is 1.00 bits per heavy atom. The molecule has 0 radical (unpaired) electrons. The number of pyridine rings is 1. The van der Waals surface area contributed by atoms with E-state index in [1.807, 2.05) is 6.26 Å². The summed E-state index contributed by atoms with van der Waals surface area (Å²) in [6.45, 7) is 1.77. The van der Waals surface area contributed by atoms with E-state index in [0.29, 0.717) is 12.0 Å². The normalized spacial score (nSPS) is 22.7. The van der Waals surface area contributed by atoms with Gasteiger partial charge in [0, 0.05) is 42.2 Å².